The molecule has 158 valence electrons. The third kappa shape index (κ3) is 5.76. The van der Waals surface area contributed by atoms with E-state index >= 15 is 0 Å². The number of carbonyl (C=O) groups is 1. The van der Waals surface area contributed by atoms with Gasteiger partial charge < -0.3 is 4.74 Å². The molecule has 2 rings (SSSR count). The summed E-state index contributed by atoms with van der Waals surface area (Å²) in [5.74, 6) is -0.728. The maximum absolute atomic E-state index is 12.9. The number of benzene rings is 2. The second-order valence-electron chi connectivity index (χ2n) is 6.49. The maximum atomic E-state index is 12.9. The first kappa shape index (κ1) is 23.3. The molecule has 2 aromatic carbocycles. The Morgan fingerprint density at radius 3 is 2.53 bits per heavy atom. The van der Waals surface area contributed by atoms with Gasteiger partial charge in [-0.05, 0) is 32.0 Å². The van der Waals surface area contributed by atoms with E-state index in [4.69, 9.17) is 21.6 Å². The highest BCUT2D eigenvalue weighted by Gasteiger charge is 2.30. The van der Waals surface area contributed by atoms with Gasteiger partial charge in [0.25, 0.3) is 5.69 Å². The Kier molecular flexibility index (Phi) is 7.50. The van der Waals surface area contributed by atoms with Crippen molar-refractivity contribution in [2.24, 2.45) is 0 Å². The summed E-state index contributed by atoms with van der Waals surface area (Å²) in [4.78, 5) is 22.7. The van der Waals surface area contributed by atoms with Crippen molar-refractivity contribution in [3.63, 3.8) is 0 Å². The molecule has 1 atom stereocenters. The number of nitrogens with one attached hydrogen (secondary N) is 1. The Morgan fingerprint density at radius 2 is 1.97 bits per heavy atom. The van der Waals surface area contributed by atoms with E-state index in [2.05, 4.69) is 4.72 Å². The van der Waals surface area contributed by atoms with Gasteiger partial charge in [0.1, 0.15) is 6.07 Å². The van der Waals surface area contributed by atoms with E-state index in [1.807, 2.05) is 6.07 Å². The van der Waals surface area contributed by atoms with E-state index in [0.717, 1.165) is 6.07 Å². The van der Waals surface area contributed by atoms with Crippen LogP contribution in [0.25, 0.3) is 0 Å². The Hall–Kier alpha value is -3.00. The first-order chi connectivity index (χ1) is 14.0. The van der Waals surface area contributed by atoms with Crippen molar-refractivity contribution in [2.75, 3.05) is 0 Å². The van der Waals surface area contributed by atoms with Gasteiger partial charge in [0.15, 0.2) is 0 Å². The zero-order valence-electron chi connectivity index (χ0n) is 16.0. The first-order valence-electron chi connectivity index (χ1n) is 8.70. The molecule has 2 aromatic rings. The minimum Gasteiger partial charge on any atom is -0.463 e. The average molecular weight is 452 g/mol. The van der Waals surface area contributed by atoms with Gasteiger partial charge in [-0.25, -0.2) is 13.1 Å². The Balaban J connectivity index is 2.47. The smallest absolute Gasteiger partial charge is 0.308 e. The van der Waals surface area contributed by atoms with Crippen LogP contribution in [0.15, 0.2) is 47.4 Å². The van der Waals surface area contributed by atoms with Crippen LogP contribution in [0.2, 0.25) is 5.02 Å². The fraction of sp³-hybridized carbons (Fsp3) is 0.263. The lowest BCUT2D eigenvalue weighted by Crippen LogP contribution is -2.31. The van der Waals surface area contributed by atoms with E-state index in [1.165, 1.54) is 36.4 Å². The van der Waals surface area contributed by atoms with Crippen LogP contribution >= 0.6 is 11.6 Å². The van der Waals surface area contributed by atoms with Crippen LogP contribution in [0.3, 0.4) is 0 Å². The number of nitrogens with zero attached hydrogens (tertiary/aromatic N) is 2. The zero-order valence-corrected chi connectivity index (χ0v) is 17.6. The van der Waals surface area contributed by atoms with E-state index in [0.29, 0.717) is 0 Å². The number of rotatable bonds is 8. The minimum absolute atomic E-state index is 0.00604. The van der Waals surface area contributed by atoms with Gasteiger partial charge in [-0.1, -0.05) is 29.8 Å². The summed E-state index contributed by atoms with van der Waals surface area (Å²) in [6.45, 7) is 3.25. The number of ether oxygens (including phenoxy) is 1. The summed E-state index contributed by atoms with van der Waals surface area (Å²) < 4.78 is 33.1. The number of halogens is 1. The topological polar surface area (TPSA) is 139 Å². The van der Waals surface area contributed by atoms with Crippen molar-refractivity contribution in [3.8, 4) is 6.07 Å². The summed E-state index contributed by atoms with van der Waals surface area (Å²) in [6, 6.07) is 9.56. The molecule has 0 fully saturated rings. The number of para-hydroxylation sites is 1. The third-order valence-corrected chi connectivity index (χ3v) is 5.70. The highest BCUT2D eigenvalue weighted by molar-refractivity contribution is 7.89. The van der Waals surface area contributed by atoms with Crippen LogP contribution in [0.4, 0.5) is 5.69 Å². The number of sulfonamides is 1. The Morgan fingerprint density at radius 1 is 1.30 bits per heavy atom. The molecule has 1 unspecified atom stereocenters. The van der Waals surface area contributed by atoms with E-state index in [9.17, 15) is 23.3 Å². The first-order valence-corrected chi connectivity index (χ1v) is 10.6. The summed E-state index contributed by atoms with van der Waals surface area (Å²) in [5.41, 5.74) is -0.252. The number of nitriles is 1. The molecule has 0 spiro atoms. The number of hydrogen-bond acceptors (Lipinski definition) is 7. The largest absolute Gasteiger partial charge is 0.463 e. The third-order valence-electron chi connectivity index (χ3n) is 3.92. The molecule has 30 heavy (non-hydrogen) atoms. The number of esters is 1. The van der Waals surface area contributed by atoms with Crippen LogP contribution < -0.4 is 4.72 Å². The van der Waals surface area contributed by atoms with Crippen LogP contribution in [0, 0.1) is 21.4 Å². The molecule has 1 N–H and O–H groups in total. The number of nitro groups is 1. The second kappa shape index (κ2) is 9.67. The van der Waals surface area contributed by atoms with Crippen LogP contribution in [-0.4, -0.2) is 25.4 Å². The molecule has 0 heterocycles. The Labute approximate surface area is 178 Å². The lowest BCUT2D eigenvalue weighted by atomic mass is 10.0. The molecule has 0 saturated heterocycles. The highest BCUT2D eigenvalue weighted by Crippen LogP contribution is 2.30. The normalized spacial score (nSPS) is 12.2. The SMILES string of the molecule is CC(C)OC(=O)CC(NS(=O)(=O)c1ccc(C#N)c(Cl)c1)c1ccccc1[N+](=O)[O-]. The predicted octanol–water partition coefficient (Wildman–Crippen LogP) is 3.48. The van der Waals surface area contributed by atoms with Crippen LogP contribution in [-0.2, 0) is 19.6 Å². The summed E-state index contributed by atoms with van der Waals surface area (Å²) in [6.07, 6.45) is -0.912. The molecular formula is C19H18ClN3O6S. The fourth-order valence-electron chi connectivity index (χ4n) is 2.65. The minimum atomic E-state index is -4.25. The molecule has 0 saturated carbocycles. The van der Waals surface area contributed by atoms with Crippen molar-refractivity contribution in [3.05, 3.63) is 68.7 Å². The van der Waals surface area contributed by atoms with Crippen molar-refractivity contribution in [1.82, 2.24) is 4.72 Å². The van der Waals surface area contributed by atoms with Crippen molar-refractivity contribution in [2.45, 2.75) is 37.3 Å². The average Bonchev–Trinajstić information content (AvgIpc) is 2.66. The molecule has 0 aromatic heterocycles. The van der Waals surface area contributed by atoms with Gasteiger partial charge in [-0.2, -0.15) is 5.26 Å². The lowest BCUT2D eigenvalue weighted by Gasteiger charge is -2.19. The number of carbonyl (C=O) groups excluding carboxylic acids is 1. The molecule has 0 aliphatic heterocycles. The molecule has 0 amide bonds. The van der Waals surface area contributed by atoms with Gasteiger partial charge in [-0.3, -0.25) is 14.9 Å². The summed E-state index contributed by atoms with van der Waals surface area (Å²) >= 11 is 5.92. The van der Waals surface area contributed by atoms with Crippen LogP contribution in [0.1, 0.15) is 37.4 Å². The highest BCUT2D eigenvalue weighted by atomic mass is 35.5. The number of nitro benzene ring substituents is 1. The molecule has 9 nitrogen and oxygen atoms in total. The van der Waals surface area contributed by atoms with Gasteiger partial charge in [-0.15, -0.1) is 0 Å². The van der Waals surface area contributed by atoms with Gasteiger partial charge in [0.2, 0.25) is 10.0 Å². The zero-order chi connectivity index (χ0) is 22.5. The quantitative estimate of drug-likeness (QED) is 0.368. The van der Waals surface area contributed by atoms with Crippen molar-refractivity contribution < 1.29 is 22.9 Å². The van der Waals surface area contributed by atoms with Crippen molar-refractivity contribution in [1.29, 1.82) is 5.26 Å². The number of hydrogen-bond donors (Lipinski definition) is 1. The predicted molar refractivity (Wildman–Crippen MR) is 108 cm³/mol. The second-order valence-corrected chi connectivity index (χ2v) is 8.61. The van der Waals surface area contributed by atoms with E-state index in [1.54, 1.807) is 13.8 Å². The van der Waals surface area contributed by atoms with E-state index in [-0.39, 0.29) is 26.7 Å². The van der Waals surface area contributed by atoms with E-state index < -0.39 is 39.5 Å². The molecule has 0 aliphatic rings. The van der Waals surface area contributed by atoms with Crippen molar-refractivity contribution >= 4 is 33.3 Å². The Bertz CT molecular complexity index is 1110. The maximum Gasteiger partial charge on any atom is 0.308 e. The summed E-state index contributed by atoms with van der Waals surface area (Å²) in [7, 11) is -4.25. The monoisotopic (exact) mass is 451 g/mol. The van der Waals surface area contributed by atoms with Crippen LogP contribution in [0.5, 0.6) is 0 Å². The molecule has 11 heteroatoms. The van der Waals surface area contributed by atoms with Gasteiger partial charge in [0, 0.05) is 11.6 Å². The molecule has 0 bridgehead atoms. The van der Waals surface area contributed by atoms with Gasteiger partial charge >= 0.3 is 5.97 Å². The molecular weight excluding hydrogens is 434 g/mol. The standard InChI is InChI=1S/C19H18ClN3O6S/c1-12(2)29-19(24)10-17(15-5-3-4-6-18(15)23(25)26)22-30(27,28)14-8-7-13(11-21)16(20)9-14/h3-9,12,17,22H,10H2,1-2H3. The fourth-order valence-corrected chi connectivity index (χ4v) is 4.18. The lowest BCUT2D eigenvalue weighted by molar-refractivity contribution is -0.385. The summed E-state index contributed by atoms with van der Waals surface area (Å²) in [5, 5.41) is 20.3. The molecule has 0 radical (unpaired) electrons. The molecule has 0 aliphatic carbocycles. The van der Waals surface area contributed by atoms with Gasteiger partial charge in [0.05, 0.1) is 39.0 Å².